The molecule has 10 nitrogen and oxygen atoms in total. The summed E-state index contributed by atoms with van der Waals surface area (Å²) < 4.78 is 14.1. The van der Waals surface area contributed by atoms with Crippen molar-refractivity contribution in [2.75, 3.05) is 9.80 Å². The summed E-state index contributed by atoms with van der Waals surface area (Å²) in [6, 6.07) is 12.1. The molecule has 4 aliphatic rings. The van der Waals surface area contributed by atoms with E-state index in [1.807, 2.05) is 6.08 Å². The molecule has 0 aromatic heterocycles. The lowest BCUT2D eigenvalue weighted by Gasteiger charge is -2.49. The minimum Gasteiger partial charge on any atom is -0.507 e. The molecule has 6 atom stereocenters. The Morgan fingerprint density at radius 2 is 1.64 bits per heavy atom. The Hall–Kier alpha value is -5.03. The molecule has 12 heteroatoms. The highest BCUT2D eigenvalue weighted by Gasteiger charge is 2.68. The van der Waals surface area contributed by atoms with Gasteiger partial charge in [-0.1, -0.05) is 41.4 Å². The maximum absolute atomic E-state index is 14.5. The first kappa shape index (κ1) is 30.6. The Labute approximate surface area is 272 Å². The Morgan fingerprint density at radius 3 is 2.32 bits per heavy atom. The summed E-state index contributed by atoms with van der Waals surface area (Å²) >= 11 is 6.04. The molecule has 2 aliphatic carbocycles. The van der Waals surface area contributed by atoms with Crippen LogP contribution >= 0.6 is 11.6 Å². The molecule has 4 amide bonds. The van der Waals surface area contributed by atoms with Crippen LogP contribution in [0, 0.1) is 41.8 Å². The minimum atomic E-state index is -1.43. The average Bonchev–Trinajstić information content (AvgIpc) is 3.39. The third kappa shape index (κ3) is 4.18. The number of nitrogens with zero attached hydrogens (tertiary/aromatic N) is 2. The predicted octanol–water partition coefficient (Wildman–Crippen LogP) is 5.33. The molecule has 240 valence electrons. The fourth-order valence-corrected chi connectivity index (χ4v) is 8.41. The van der Waals surface area contributed by atoms with Gasteiger partial charge in [0.1, 0.15) is 22.9 Å². The predicted molar refractivity (Wildman–Crippen MR) is 166 cm³/mol. The van der Waals surface area contributed by atoms with E-state index in [9.17, 15) is 43.7 Å². The number of aromatic hydroxyl groups is 2. The van der Waals surface area contributed by atoms with Gasteiger partial charge in [0, 0.05) is 17.5 Å². The van der Waals surface area contributed by atoms with Crippen LogP contribution in [0.25, 0.3) is 0 Å². The summed E-state index contributed by atoms with van der Waals surface area (Å²) in [5, 5.41) is 30.7. The van der Waals surface area contributed by atoms with Crippen LogP contribution in [0.1, 0.15) is 47.2 Å². The number of aryl methyl sites for hydroxylation is 1. The van der Waals surface area contributed by atoms with Gasteiger partial charge in [0.25, 0.3) is 0 Å². The number of hydrogen-bond acceptors (Lipinski definition) is 7. The number of hydrogen-bond donors (Lipinski definition) is 3. The average molecular weight is 659 g/mol. The number of amides is 4. The van der Waals surface area contributed by atoms with E-state index in [4.69, 9.17) is 11.6 Å². The van der Waals surface area contributed by atoms with E-state index in [-0.39, 0.29) is 35.0 Å². The number of allylic oxidation sites excluding steroid dienone is 2. The van der Waals surface area contributed by atoms with Crippen LogP contribution in [0.3, 0.4) is 0 Å². The molecule has 3 aromatic rings. The maximum atomic E-state index is 14.5. The molecule has 6 unspecified atom stereocenters. The molecular weight excluding hydrogens is 631 g/mol. The van der Waals surface area contributed by atoms with E-state index in [1.54, 1.807) is 32.0 Å². The number of carbonyl (C=O) groups excluding carboxylic acids is 4. The van der Waals surface area contributed by atoms with Gasteiger partial charge in [0.05, 0.1) is 39.6 Å². The fraction of sp³-hybridized carbons (Fsp3) is 0.286. The summed E-state index contributed by atoms with van der Waals surface area (Å²) in [4.78, 5) is 70.1. The van der Waals surface area contributed by atoms with Crippen LogP contribution in [-0.2, 0) is 19.2 Å². The van der Waals surface area contributed by atoms with Crippen molar-refractivity contribution in [3.63, 3.8) is 0 Å². The number of fused-ring (bicyclic) bond motifs is 4. The number of anilines is 2. The van der Waals surface area contributed by atoms with Gasteiger partial charge in [-0.2, -0.15) is 0 Å². The largest absolute Gasteiger partial charge is 0.507 e. The van der Waals surface area contributed by atoms with Crippen LogP contribution in [0.4, 0.5) is 15.8 Å². The summed E-state index contributed by atoms with van der Waals surface area (Å²) in [5.41, 5.74) is -0.125. The third-order valence-corrected chi connectivity index (χ3v) is 10.8. The van der Waals surface area contributed by atoms with Gasteiger partial charge < -0.3 is 15.3 Å². The van der Waals surface area contributed by atoms with Crippen molar-refractivity contribution >= 4 is 52.6 Å². The molecule has 3 fully saturated rings. The Kier molecular flexibility index (Phi) is 6.84. The third-order valence-electron chi connectivity index (χ3n) is 10.5. The number of carboxylic acid groups (broad SMARTS) is 1. The Morgan fingerprint density at radius 1 is 0.936 bits per heavy atom. The number of halogens is 2. The molecule has 3 N–H and O–H groups in total. The highest BCUT2D eigenvalue weighted by molar-refractivity contribution is 6.32. The zero-order valence-corrected chi connectivity index (χ0v) is 25.9. The SMILES string of the molecule is Cc1cccc(C2C3=CCC4C(=O)N(c5ccc(C(=O)O)c(O)c5)C(=O)C4C3CC3C(=O)N(c4ccc(F)c(Cl)c4)C(=O)C32C)c1O. The van der Waals surface area contributed by atoms with Crippen LogP contribution in [0.15, 0.2) is 66.2 Å². The highest BCUT2D eigenvalue weighted by atomic mass is 35.5. The molecular formula is C35H28ClFN2O8. The number of imide groups is 2. The van der Waals surface area contributed by atoms with E-state index in [0.717, 1.165) is 28.0 Å². The van der Waals surface area contributed by atoms with Crippen molar-refractivity contribution in [3.8, 4) is 11.5 Å². The van der Waals surface area contributed by atoms with E-state index < -0.39 is 81.7 Å². The smallest absolute Gasteiger partial charge is 0.339 e. The van der Waals surface area contributed by atoms with Gasteiger partial charge in [-0.3, -0.25) is 19.2 Å². The van der Waals surface area contributed by atoms with Gasteiger partial charge in [0.15, 0.2) is 0 Å². The topological polar surface area (TPSA) is 153 Å². The number of rotatable bonds is 4. The molecule has 2 heterocycles. The van der Waals surface area contributed by atoms with Crippen LogP contribution < -0.4 is 9.80 Å². The van der Waals surface area contributed by atoms with Crippen molar-refractivity contribution < 1.29 is 43.7 Å². The van der Waals surface area contributed by atoms with Crippen molar-refractivity contribution in [1.82, 2.24) is 0 Å². The second-order valence-electron chi connectivity index (χ2n) is 12.8. The van der Waals surface area contributed by atoms with Crippen LogP contribution in [0.2, 0.25) is 5.02 Å². The first-order valence-electron chi connectivity index (χ1n) is 15.0. The molecule has 47 heavy (non-hydrogen) atoms. The van der Waals surface area contributed by atoms with Crippen LogP contribution in [0.5, 0.6) is 11.5 Å². The quantitative estimate of drug-likeness (QED) is 0.251. The van der Waals surface area contributed by atoms with Gasteiger partial charge in [-0.05, 0) is 68.5 Å². The van der Waals surface area contributed by atoms with Crippen molar-refractivity contribution in [2.45, 2.75) is 32.6 Å². The summed E-state index contributed by atoms with van der Waals surface area (Å²) in [7, 11) is 0. The highest BCUT2D eigenvalue weighted by Crippen LogP contribution is 2.64. The second kappa shape index (κ2) is 10.5. The zero-order valence-electron chi connectivity index (χ0n) is 25.1. The lowest BCUT2D eigenvalue weighted by Crippen LogP contribution is -2.49. The molecule has 2 aliphatic heterocycles. The van der Waals surface area contributed by atoms with Crippen molar-refractivity contribution in [2.24, 2.45) is 29.1 Å². The number of phenols is 2. The standard InChI is InChI=1S/C35H28ClFN2O8/c1-15-4-3-5-21(29(15)41)28-18-9-10-20-27(32(44)38(30(20)42)17-6-8-19(33(45)46)26(40)13-17)22(18)14-23-31(43)39(34(47)35(23,28)2)16-7-11-25(37)24(36)12-16/h3-9,11-13,20,22-23,27-28,40-41H,10,14H2,1-2H3,(H,45,46). The molecule has 0 radical (unpaired) electrons. The molecule has 0 spiro atoms. The minimum absolute atomic E-state index is 0.0125. The first-order valence-corrected chi connectivity index (χ1v) is 15.4. The van der Waals surface area contributed by atoms with Gasteiger partial charge in [-0.25, -0.2) is 19.0 Å². The molecule has 1 saturated carbocycles. The number of carbonyl (C=O) groups is 5. The van der Waals surface area contributed by atoms with E-state index in [0.29, 0.717) is 16.7 Å². The maximum Gasteiger partial charge on any atom is 0.339 e. The monoisotopic (exact) mass is 658 g/mol. The normalized spacial score (nSPS) is 28.3. The van der Waals surface area contributed by atoms with E-state index in [2.05, 4.69) is 0 Å². The fourth-order valence-electron chi connectivity index (χ4n) is 8.24. The summed E-state index contributed by atoms with van der Waals surface area (Å²) in [5.74, 6) is -9.27. The number of benzene rings is 3. The molecule has 3 aromatic carbocycles. The molecule has 7 rings (SSSR count). The van der Waals surface area contributed by atoms with Gasteiger partial charge in [0.2, 0.25) is 23.6 Å². The molecule has 0 bridgehead atoms. The second-order valence-corrected chi connectivity index (χ2v) is 13.2. The lowest BCUT2D eigenvalue weighted by atomic mass is 9.51. The summed E-state index contributed by atoms with van der Waals surface area (Å²) in [6.07, 6.45) is 2.01. The number of carboxylic acids is 1. The number of aromatic carboxylic acids is 1. The van der Waals surface area contributed by atoms with E-state index >= 15 is 0 Å². The van der Waals surface area contributed by atoms with E-state index in [1.165, 1.54) is 18.2 Å². The Balaban J connectivity index is 1.36. The number of phenolic OH excluding ortho intramolecular Hbond substituents is 1. The van der Waals surface area contributed by atoms with Crippen LogP contribution in [-0.4, -0.2) is 44.9 Å². The van der Waals surface area contributed by atoms with Crippen molar-refractivity contribution in [3.05, 3.63) is 93.8 Å². The van der Waals surface area contributed by atoms with Crippen molar-refractivity contribution in [1.29, 1.82) is 0 Å². The molecule has 2 saturated heterocycles. The first-order chi connectivity index (χ1) is 22.3. The summed E-state index contributed by atoms with van der Waals surface area (Å²) in [6.45, 7) is 3.38. The van der Waals surface area contributed by atoms with Gasteiger partial charge in [-0.15, -0.1) is 0 Å². The zero-order chi connectivity index (χ0) is 33.7. The number of para-hydroxylation sites is 1. The Bertz CT molecular complexity index is 1990. The van der Waals surface area contributed by atoms with Gasteiger partial charge >= 0.3 is 5.97 Å². The lowest BCUT2D eigenvalue weighted by molar-refractivity contribution is -0.131.